The summed E-state index contributed by atoms with van der Waals surface area (Å²) in [6.07, 6.45) is 2.52. The van der Waals surface area contributed by atoms with E-state index < -0.39 is 5.97 Å². The van der Waals surface area contributed by atoms with E-state index in [9.17, 15) is 9.18 Å². The molecule has 108 valence electrons. The molecule has 0 aliphatic rings. The molecule has 0 spiro atoms. The summed E-state index contributed by atoms with van der Waals surface area (Å²) in [5.41, 5.74) is 1.15. The fourth-order valence-corrected chi connectivity index (χ4v) is 2.01. The lowest BCUT2D eigenvalue weighted by Crippen LogP contribution is -1.98. The molecule has 5 heteroatoms. The van der Waals surface area contributed by atoms with Crippen LogP contribution in [0.4, 0.5) is 4.39 Å². The van der Waals surface area contributed by atoms with Crippen LogP contribution in [0.15, 0.2) is 53.0 Å². The number of carboxylic acid groups (broad SMARTS) is 1. The molecule has 0 aliphatic carbocycles. The van der Waals surface area contributed by atoms with Gasteiger partial charge in [0.15, 0.2) is 0 Å². The number of aliphatic carboxylic acids is 1. The third-order valence-electron chi connectivity index (χ3n) is 2.69. The van der Waals surface area contributed by atoms with Crippen LogP contribution >= 0.6 is 15.9 Å². The van der Waals surface area contributed by atoms with Crippen LogP contribution in [-0.4, -0.2) is 11.1 Å². The molecule has 1 N–H and O–H groups in total. The molecule has 0 aromatic heterocycles. The van der Waals surface area contributed by atoms with Gasteiger partial charge in [-0.2, -0.15) is 0 Å². The van der Waals surface area contributed by atoms with Crippen LogP contribution in [-0.2, 0) is 11.4 Å². The zero-order chi connectivity index (χ0) is 15.2. The predicted octanol–water partition coefficient (Wildman–Crippen LogP) is 4.27. The average molecular weight is 351 g/mol. The third kappa shape index (κ3) is 4.72. The van der Waals surface area contributed by atoms with Gasteiger partial charge in [-0.15, -0.1) is 0 Å². The first-order valence-electron chi connectivity index (χ1n) is 6.12. The first-order chi connectivity index (χ1) is 10.0. The van der Waals surface area contributed by atoms with Gasteiger partial charge in [0.2, 0.25) is 0 Å². The Labute approximate surface area is 129 Å². The molecule has 0 unspecified atom stereocenters. The molecule has 0 heterocycles. The van der Waals surface area contributed by atoms with E-state index in [1.165, 1.54) is 12.1 Å². The van der Waals surface area contributed by atoms with Crippen LogP contribution in [0, 0.1) is 5.82 Å². The summed E-state index contributed by atoms with van der Waals surface area (Å²) in [7, 11) is 0. The van der Waals surface area contributed by atoms with E-state index in [1.54, 1.807) is 36.4 Å². The van der Waals surface area contributed by atoms with E-state index in [2.05, 4.69) is 15.9 Å². The fraction of sp³-hybridized carbons (Fsp3) is 0.0625. The van der Waals surface area contributed by atoms with E-state index in [0.717, 1.165) is 6.08 Å². The zero-order valence-corrected chi connectivity index (χ0v) is 12.5. The molecule has 2 rings (SSSR count). The van der Waals surface area contributed by atoms with Gasteiger partial charge in [0.1, 0.15) is 18.2 Å². The Morgan fingerprint density at radius 3 is 2.81 bits per heavy atom. The smallest absolute Gasteiger partial charge is 0.328 e. The van der Waals surface area contributed by atoms with Crippen molar-refractivity contribution in [3.63, 3.8) is 0 Å². The zero-order valence-electron chi connectivity index (χ0n) is 10.9. The molecule has 3 nitrogen and oxygen atoms in total. The van der Waals surface area contributed by atoms with Crippen molar-refractivity contribution >= 4 is 28.0 Å². The van der Waals surface area contributed by atoms with Crippen LogP contribution in [0.1, 0.15) is 11.1 Å². The molecule has 0 saturated heterocycles. The summed E-state index contributed by atoms with van der Waals surface area (Å²) >= 11 is 3.19. The maximum atomic E-state index is 13.7. The van der Waals surface area contributed by atoms with Gasteiger partial charge in [-0.05, 0) is 35.9 Å². The monoisotopic (exact) mass is 350 g/mol. The van der Waals surface area contributed by atoms with Crippen molar-refractivity contribution in [1.82, 2.24) is 0 Å². The van der Waals surface area contributed by atoms with E-state index >= 15 is 0 Å². The van der Waals surface area contributed by atoms with Crippen LogP contribution in [0.25, 0.3) is 6.08 Å². The predicted molar refractivity (Wildman–Crippen MR) is 81.5 cm³/mol. The second-order valence-corrected chi connectivity index (χ2v) is 5.18. The van der Waals surface area contributed by atoms with Crippen LogP contribution in [0.5, 0.6) is 5.75 Å². The number of rotatable bonds is 5. The highest BCUT2D eigenvalue weighted by atomic mass is 79.9. The van der Waals surface area contributed by atoms with Crippen LogP contribution < -0.4 is 4.74 Å². The van der Waals surface area contributed by atoms with Gasteiger partial charge in [0.25, 0.3) is 0 Å². The number of carbonyl (C=O) groups is 1. The Kier molecular flexibility index (Phi) is 5.11. The van der Waals surface area contributed by atoms with Crippen molar-refractivity contribution in [2.24, 2.45) is 0 Å². The van der Waals surface area contributed by atoms with E-state index in [-0.39, 0.29) is 12.4 Å². The highest BCUT2D eigenvalue weighted by Crippen LogP contribution is 2.19. The Morgan fingerprint density at radius 1 is 1.29 bits per heavy atom. The molecule has 21 heavy (non-hydrogen) atoms. The third-order valence-corrected chi connectivity index (χ3v) is 3.18. The molecule has 2 aromatic rings. The summed E-state index contributed by atoms with van der Waals surface area (Å²) < 4.78 is 19.9. The summed E-state index contributed by atoms with van der Waals surface area (Å²) in [4.78, 5) is 10.5. The minimum Gasteiger partial charge on any atom is -0.489 e. The van der Waals surface area contributed by atoms with Crippen molar-refractivity contribution in [3.8, 4) is 5.75 Å². The number of carboxylic acids is 1. The first-order valence-corrected chi connectivity index (χ1v) is 6.92. The molecular formula is C16H12BrFO3. The summed E-state index contributed by atoms with van der Waals surface area (Å²) in [5.74, 6) is -0.811. The molecule has 0 radical (unpaired) electrons. The lowest BCUT2D eigenvalue weighted by atomic mass is 10.2. The standard InChI is InChI=1S/C16H12BrFO3/c17-13-6-5-12(15(18)9-13)10-21-14-3-1-2-11(8-14)4-7-16(19)20/h1-9H,10H2,(H,19,20)/b7-4+. The van der Waals surface area contributed by atoms with E-state index in [4.69, 9.17) is 9.84 Å². The number of hydrogen-bond acceptors (Lipinski definition) is 2. The maximum Gasteiger partial charge on any atom is 0.328 e. The summed E-state index contributed by atoms with van der Waals surface area (Å²) in [5, 5.41) is 8.59. The normalized spacial score (nSPS) is 10.8. The Hall–Kier alpha value is -2.14. The molecular weight excluding hydrogens is 339 g/mol. The van der Waals surface area contributed by atoms with Crippen molar-refractivity contribution in [2.75, 3.05) is 0 Å². The first kappa shape index (κ1) is 15.3. The Bertz CT molecular complexity index is 683. The average Bonchev–Trinajstić information content (AvgIpc) is 2.45. The van der Waals surface area contributed by atoms with Crippen molar-refractivity contribution < 1.29 is 19.0 Å². The fourth-order valence-electron chi connectivity index (χ4n) is 1.68. The SMILES string of the molecule is O=C(O)/C=C/c1cccc(OCc2ccc(Br)cc2F)c1. The molecule has 2 aromatic carbocycles. The van der Waals surface area contributed by atoms with Crippen LogP contribution in [0.2, 0.25) is 0 Å². The van der Waals surface area contributed by atoms with Gasteiger partial charge in [0, 0.05) is 16.1 Å². The lowest BCUT2D eigenvalue weighted by molar-refractivity contribution is -0.131. The van der Waals surface area contributed by atoms with Gasteiger partial charge in [-0.1, -0.05) is 34.1 Å². The van der Waals surface area contributed by atoms with Gasteiger partial charge < -0.3 is 9.84 Å². The quantitative estimate of drug-likeness (QED) is 0.819. The van der Waals surface area contributed by atoms with Crippen molar-refractivity contribution in [2.45, 2.75) is 6.61 Å². The number of ether oxygens (including phenoxy) is 1. The van der Waals surface area contributed by atoms with E-state index in [1.807, 2.05) is 0 Å². The van der Waals surface area contributed by atoms with Crippen LogP contribution in [0.3, 0.4) is 0 Å². The number of benzene rings is 2. The molecule has 0 amide bonds. The Morgan fingerprint density at radius 2 is 2.10 bits per heavy atom. The second-order valence-electron chi connectivity index (χ2n) is 4.27. The molecule has 0 aliphatic heterocycles. The largest absolute Gasteiger partial charge is 0.489 e. The minimum atomic E-state index is -1.02. The van der Waals surface area contributed by atoms with Crippen molar-refractivity contribution in [1.29, 1.82) is 0 Å². The van der Waals surface area contributed by atoms with Gasteiger partial charge in [0.05, 0.1) is 0 Å². The maximum absolute atomic E-state index is 13.7. The van der Waals surface area contributed by atoms with Crippen molar-refractivity contribution in [3.05, 3.63) is 70.0 Å². The molecule has 0 saturated carbocycles. The summed E-state index contributed by atoms with van der Waals surface area (Å²) in [6.45, 7) is 0.102. The molecule has 0 bridgehead atoms. The van der Waals surface area contributed by atoms with E-state index in [0.29, 0.717) is 21.3 Å². The van der Waals surface area contributed by atoms with Gasteiger partial charge in [-0.3, -0.25) is 0 Å². The molecule has 0 atom stereocenters. The number of halogens is 2. The highest BCUT2D eigenvalue weighted by Gasteiger charge is 2.04. The topological polar surface area (TPSA) is 46.5 Å². The minimum absolute atomic E-state index is 0.102. The Balaban J connectivity index is 2.06. The molecule has 0 fully saturated rings. The summed E-state index contributed by atoms with van der Waals surface area (Å²) in [6, 6.07) is 11.7. The number of hydrogen-bond donors (Lipinski definition) is 1. The second kappa shape index (κ2) is 7.04. The highest BCUT2D eigenvalue weighted by molar-refractivity contribution is 9.10. The lowest BCUT2D eigenvalue weighted by Gasteiger charge is -2.08. The van der Waals surface area contributed by atoms with Gasteiger partial charge in [-0.25, -0.2) is 9.18 Å². The van der Waals surface area contributed by atoms with Gasteiger partial charge >= 0.3 is 5.97 Å².